The normalized spacial score (nSPS) is 15.6. The van der Waals surface area contributed by atoms with Gasteiger partial charge in [0.05, 0.1) is 5.56 Å². The Labute approximate surface area is 102 Å². The monoisotopic (exact) mass is 267 g/mol. The molecule has 1 aromatic carbocycles. The van der Waals surface area contributed by atoms with Crippen molar-refractivity contribution in [1.29, 1.82) is 0 Å². The molecule has 0 saturated carbocycles. The second kappa shape index (κ2) is 4.68. The fraction of sp³-hybridized carbons (Fsp3) is 0.273. The van der Waals surface area contributed by atoms with Crippen molar-refractivity contribution >= 4 is 23.2 Å². The lowest BCUT2D eigenvalue weighted by Crippen LogP contribution is -2.18. The Kier molecular flexibility index (Phi) is 3.92. The minimum Gasteiger partial charge on any atom is -0.166 e. The van der Waals surface area contributed by atoms with Crippen LogP contribution in [0, 0.1) is 6.07 Å². The molecule has 5 heteroatoms. The molecule has 0 saturated heterocycles. The van der Waals surface area contributed by atoms with Crippen molar-refractivity contribution in [1.82, 2.24) is 0 Å². The molecule has 87 valence electrons. The summed E-state index contributed by atoms with van der Waals surface area (Å²) in [6, 6.07) is 5.52. The van der Waals surface area contributed by atoms with E-state index in [-0.39, 0.29) is 5.88 Å². The van der Waals surface area contributed by atoms with Gasteiger partial charge in [-0.05, 0) is 23.8 Å². The van der Waals surface area contributed by atoms with Crippen LogP contribution in [0.2, 0.25) is 0 Å². The predicted molar refractivity (Wildman–Crippen MR) is 58.7 cm³/mol. The van der Waals surface area contributed by atoms with Gasteiger partial charge in [-0.2, -0.15) is 13.2 Å². The topological polar surface area (TPSA) is 0 Å². The highest BCUT2D eigenvalue weighted by Gasteiger charge is 2.31. The van der Waals surface area contributed by atoms with Gasteiger partial charge in [-0.25, -0.2) is 0 Å². The van der Waals surface area contributed by atoms with Gasteiger partial charge in [0.2, 0.25) is 0 Å². The number of hydrogen-bond donors (Lipinski definition) is 0. The highest BCUT2D eigenvalue weighted by atomic mass is 35.5. The third kappa shape index (κ3) is 2.71. The maximum Gasteiger partial charge on any atom is 0.416 e. The van der Waals surface area contributed by atoms with Gasteiger partial charge < -0.3 is 0 Å². The quantitative estimate of drug-likeness (QED) is 0.564. The van der Waals surface area contributed by atoms with E-state index in [9.17, 15) is 13.2 Å². The van der Waals surface area contributed by atoms with Crippen LogP contribution in [-0.4, -0.2) is 5.88 Å². The van der Waals surface area contributed by atoms with Gasteiger partial charge in [0, 0.05) is 5.88 Å². The molecule has 1 aromatic rings. The molecule has 0 fully saturated rings. The Hall–Kier alpha value is -0.670. The summed E-state index contributed by atoms with van der Waals surface area (Å²) in [5.74, 6) is 0.0138. The molecule has 0 aromatic heterocycles. The van der Waals surface area contributed by atoms with Crippen molar-refractivity contribution in [3.8, 4) is 0 Å². The van der Waals surface area contributed by atoms with E-state index in [1.54, 1.807) is 0 Å². The van der Waals surface area contributed by atoms with Crippen LogP contribution in [0.25, 0.3) is 0 Å². The molecule has 0 N–H and O–H groups in total. The lowest BCUT2D eigenvalue weighted by atomic mass is 9.99. The number of rotatable bonds is 3. The fourth-order valence-corrected chi connectivity index (χ4v) is 1.47. The van der Waals surface area contributed by atoms with Crippen molar-refractivity contribution in [3.05, 3.63) is 48.0 Å². The lowest BCUT2D eigenvalue weighted by Gasteiger charge is -2.20. The van der Waals surface area contributed by atoms with E-state index in [1.807, 2.05) is 0 Å². The summed E-state index contributed by atoms with van der Waals surface area (Å²) in [5, 5.41) is 0. The smallest absolute Gasteiger partial charge is 0.166 e. The molecular weight excluding hydrogens is 260 g/mol. The molecule has 1 rings (SSSR count). The molecule has 0 nitrogen and oxygen atoms in total. The molecule has 0 aliphatic rings. The highest BCUT2D eigenvalue weighted by molar-refractivity contribution is 6.31. The number of hydrogen-bond acceptors (Lipinski definition) is 0. The van der Waals surface area contributed by atoms with Crippen LogP contribution in [0.15, 0.2) is 30.9 Å². The maximum absolute atomic E-state index is 12.3. The van der Waals surface area contributed by atoms with Crippen LogP contribution in [0.3, 0.4) is 0 Å². The first-order chi connectivity index (χ1) is 7.33. The third-order valence-corrected chi connectivity index (χ3v) is 3.16. The summed E-state index contributed by atoms with van der Waals surface area (Å²) in [5.41, 5.74) is -0.402. The molecule has 1 atom stereocenters. The van der Waals surface area contributed by atoms with Gasteiger partial charge in [-0.1, -0.05) is 12.1 Å². The Morgan fingerprint density at radius 2 is 2.00 bits per heavy atom. The zero-order valence-electron chi connectivity index (χ0n) is 8.11. The van der Waals surface area contributed by atoms with Gasteiger partial charge in [-0.3, -0.25) is 0 Å². The molecule has 0 aliphatic carbocycles. The second-order valence-corrected chi connectivity index (χ2v) is 4.13. The first kappa shape index (κ1) is 13.4. The average molecular weight is 268 g/mol. The Morgan fingerprint density at radius 1 is 1.38 bits per heavy atom. The Bertz CT molecular complexity index is 370. The van der Waals surface area contributed by atoms with Crippen molar-refractivity contribution in [2.75, 3.05) is 5.88 Å². The van der Waals surface area contributed by atoms with E-state index in [2.05, 4.69) is 12.6 Å². The lowest BCUT2D eigenvalue weighted by molar-refractivity contribution is -0.137. The standard InChI is InChI=1S/C11H8Cl2F3/c1-2-10(13,7-12)8-3-5-9(6-4-8)11(14,15)16/h2-3,5-6H,1,7H2. The number of benzene rings is 1. The van der Waals surface area contributed by atoms with E-state index in [0.29, 0.717) is 5.56 Å². The van der Waals surface area contributed by atoms with Crippen molar-refractivity contribution < 1.29 is 13.2 Å². The average Bonchev–Trinajstić information content (AvgIpc) is 2.27. The van der Waals surface area contributed by atoms with Crippen LogP contribution >= 0.6 is 23.2 Å². The summed E-state index contributed by atoms with van der Waals surface area (Å²) in [6.45, 7) is 3.49. The van der Waals surface area contributed by atoms with Crippen molar-refractivity contribution in [3.63, 3.8) is 0 Å². The summed E-state index contributed by atoms with van der Waals surface area (Å²) in [7, 11) is 0. The first-order valence-electron chi connectivity index (χ1n) is 4.31. The van der Waals surface area contributed by atoms with Crippen molar-refractivity contribution in [2.45, 2.75) is 11.1 Å². The zero-order chi connectivity index (χ0) is 12.4. The largest absolute Gasteiger partial charge is 0.416 e. The number of halogens is 5. The van der Waals surface area contributed by atoms with Crippen LogP contribution in [0.5, 0.6) is 0 Å². The minimum atomic E-state index is -4.38. The predicted octanol–water partition coefficient (Wildman–Crippen LogP) is 4.36. The van der Waals surface area contributed by atoms with Gasteiger partial charge in [0.25, 0.3) is 0 Å². The van der Waals surface area contributed by atoms with Crippen LogP contribution in [-0.2, 0) is 11.1 Å². The summed E-state index contributed by atoms with van der Waals surface area (Å²) >= 11 is 11.7. The van der Waals surface area contributed by atoms with Crippen LogP contribution in [0.1, 0.15) is 11.1 Å². The maximum atomic E-state index is 12.3. The van der Waals surface area contributed by atoms with E-state index in [0.717, 1.165) is 12.1 Å². The number of allylic oxidation sites excluding steroid dienone is 1. The van der Waals surface area contributed by atoms with Gasteiger partial charge in [-0.15, -0.1) is 29.8 Å². The summed E-state index contributed by atoms with van der Waals surface area (Å²) < 4.78 is 36.8. The molecule has 16 heavy (non-hydrogen) atoms. The Balaban J connectivity index is 3.08. The van der Waals surface area contributed by atoms with E-state index in [1.165, 1.54) is 12.1 Å². The fourth-order valence-electron chi connectivity index (χ4n) is 1.10. The van der Waals surface area contributed by atoms with Crippen molar-refractivity contribution in [2.24, 2.45) is 0 Å². The molecule has 1 unspecified atom stereocenters. The van der Waals surface area contributed by atoms with Crippen LogP contribution in [0.4, 0.5) is 13.2 Å². The molecule has 0 heterocycles. The van der Waals surface area contributed by atoms with Gasteiger partial charge in [0.1, 0.15) is 4.87 Å². The summed E-state index contributed by atoms with van der Waals surface area (Å²) in [6.07, 6.45) is -3.00. The minimum absolute atomic E-state index is 0.0138. The van der Waals surface area contributed by atoms with E-state index in [4.69, 9.17) is 23.2 Å². The van der Waals surface area contributed by atoms with Gasteiger partial charge >= 0.3 is 6.18 Å². The summed E-state index contributed by atoms with van der Waals surface area (Å²) in [4.78, 5) is -1.08. The SMILES string of the molecule is C=CC(Cl)(CCl)c1[c]cc(C(F)(F)F)cc1. The molecule has 0 spiro atoms. The molecular formula is C11H8Cl2F3. The molecule has 1 radical (unpaired) electrons. The molecule has 0 bridgehead atoms. The van der Waals surface area contributed by atoms with Crippen LogP contribution < -0.4 is 0 Å². The number of alkyl halides is 5. The second-order valence-electron chi connectivity index (χ2n) is 3.19. The molecule has 0 aliphatic heterocycles. The first-order valence-corrected chi connectivity index (χ1v) is 5.22. The third-order valence-electron chi connectivity index (χ3n) is 2.11. The highest BCUT2D eigenvalue weighted by Crippen LogP contribution is 2.34. The van der Waals surface area contributed by atoms with Gasteiger partial charge in [0.15, 0.2) is 0 Å². The van der Waals surface area contributed by atoms with E-state index >= 15 is 0 Å². The van der Waals surface area contributed by atoms with E-state index < -0.39 is 16.6 Å². The Morgan fingerprint density at radius 3 is 2.31 bits per heavy atom. The molecule has 0 amide bonds. The zero-order valence-corrected chi connectivity index (χ0v) is 9.63.